The summed E-state index contributed by atoms with van der Waals surface area (Å²) in [5.41, 5.74) is 11.8. The molecule has 7 aromatic rings. The van der Waals surface area contributed by atoms with Crippen molar-refractivity contribution in [1.82, 2.24) is 0 Å². The minimum atomic E-state index is 1.26. The van der Waals surface area contributed by atoms with Crippen LogP contribution in [0.2, 0.25) is 0 Å². The monoisotopic (exact) mass is 528 g/mol. The predicted octanol–water partition coefficient (Wildman–Crippen LogP) is 12.5. The molecule has 1 aliphatic rings. The average molecular weight is 529 g/mol. The Hall–Kier alpha value is -4.68. The Morgan fingerprint density at radius 2 is 0.902 bits per heavy atom. The maximum absolute atomic E-state index is 2.48. The van der Waals surface area contributed by atoms with Crippen molar-refractivity contribution in [2.24, 2.45) is 0 Å². The van der Waals surface area contributed by atoms with Gasteiger partial charge in [-0.15, -0.1) is 0 Å². The van der Waals surface area contributed by atoms with Crippen LogP contribution < -0.4 is 0 Å². The largest absolute Gasteiger partial charge is 0.0683 e. The maximum atomic E-state index is 2.48. The molecule has 0 aromatic heterocycles. The maximum Gasteiger partial charge on any atom is -0.00134 e. The number of hydrogen-bond acceptors (Lipinski definition) is 0. The highest BCUT2D eigenvalue weighted by Crippen LogP contribution is 2.53. The van der Waals surface area contributed by atoms with Gasteiger partial charge >= 0.3 is 0 Å². The van der Waals surface area contributed by atoms with Crippen LogP contribution in [-0.4, -0.2) is 0 Å². The molecule has 0 radical (unpaired) electrons. The summed E-state index contributed by atoms with van der Waals surface area (Å²) in [6.45, 7) is 10.2. The Morgan fingerprint density at radius 3 is 1.56 bits per heavy atom. The molecule has 0 unspecified atom stereocenters. The Labute approximate surface area is 243 Å². The van der Waals surface area contributed by atoms with Crippen molar-refractivity contribution in [2.75, 3.05) is 0 Å². The van der Waals surface area contributed by atoms with Crippen LogP contribution in [0, 0.1) is 6.92 Å². The fraction of sp³-hybridized carbons (Fsp3) is 0.122. The van der Waals surface area contributed by atoms with Crippen molar-refractivity contribution in [3.63, 3.8) is 0 Å². The molecule has 1 aliphatic carbocycles. The summed E-state index contributed by atoms with van der Waals surface area (Å²) in [5, 5.41) is 7.96. The van der Waals surface area contributed by atoms with E-state index in [4.69, 9.17) is 0 Å². The third-order valence-corrected chi connectivity index (χ3v) is 8.03. The van der Waals surface area contributed by atoms with Crippen molar-refractivity contribution < 1.29 is 0 Å². The van der Waals surface area contributed by atoms with Crippen molar-refractivity contribution in [1.29, 1.82) is 0 Å². The summed E-state index contributed by atoms with van der Waals surface area (Å²) >= 11 is 0. The second kappa shape index (κ2) is 11.1. The molecular formula is C41H36. The molecule has 0 N–H and O–H groups in total. The Kier molecular flexibility index (Phi) is 7.16. The molecule has 0 amide bonds. The zero-order chi connectivity index (χ0) is 28.5. The topological polar surface area (TPSA) is 0 Å². The van der Waals surface area contributed by atoms with E-state index in [2.05, 4.69) is 134 Å². The molecule has 0 nitrogen and oxygen atoms in total. The Morgan fingerprint density at radius 1 is 0.341 bits per heavy atom. The lowest BCUT2D eigenvalue weighted by atomic mass is 9.83. The molecule has 0 aliphatic heterocycles. The summed E-state index contributed by atoms with van der Waals surface area (Å²) in [7, 11) is 0. The van der Waals surface area contributed by atoms with Crippen LogP contribution in [0.3, 0.4) is 0 Å². The van der Waals surface area contributed by atoms with Crippen LogP contribution in [0.15, 0.2) is 127 Å². The lowest BCUT2D eigenvalue weighted by Gasteiger charge is -2.20. The summed E-state index contributed by atoms with van der Waals surface area (Å²) in [4.78, 5) is 0. The predicted molar refractivity (Wildman–Crippen MR) is 182 cm³/mol. The van der Waals surface area contributed by atoms with Crippen molar-refractivity contribution in [3.8, 4) is 44.5 Å². The van der Waals surface area contributed by atoms with Crippen molar-refractivity contribution in [2.45, 2.75) is 34.6 Å². The van der Waals surface area contributed by atoms with E-state index in [1.54, 1.807) is 0 Å². The second-order valence-electron chi connectivity index (χ2n) is 10.2. The van der Waals surface area contributed by atoms with Gasteiger partial charge in [-0.2, -0.15) is 0 Å². The highest BCUT2D eigenvalue weighted by atomic mass is 14.3. The summed E-state index contributed by atoms with van der Waals surface area (Å²) in [6.07, 6.45) is 0. The summed E-state index contributed by atoms with van der Waals surface area (Å²) < 4.78 is 0. The van der Waals surface area contributed by atoms with Crippen LogP contribution >= 0.6 is 0 Å². The zero-order valence-corrected chi connectivity index (χ0v) is 24.6. The number of fused-ring (bicyclic) bond motifs is 6. The SMILES string of the molecule is CC.CC.Cc1ccc2c(c1)-c1cccc3c1c-2cc1c(-c2ccccc2)c2ccccc2c(-c2ccccc2)c13. The van der Waals surface area contributed by atoms with Gasteiger partial charge in [0.2, 0.25) is 0 Å². The molecular weight excluding hydrogens is 492 g/mol. The van der Waals surface area contributed by atoms with Gasteiger partial charge in [0, 0.05) is 0 Å². The molecule has 0 bridgehead atoms. The van der Waals surface area contributed by atoms with Crippen LogP contribution in [0.5, 0.6) is 0 Å². The number of benzene rings is 7. The van der Waals surface area contributed by atoms with E-state index in [9.17, 15) is 0 Å². The number of hydrogen-bond donors (Lipinski definition) is 0. The fourth-order valence-electron chi connectivity index (χ4n) is 6.52. The van der Waals surface area contributed by atoms with Gasteiger partial charge in [-0.05, 0) is 89.8 Å². The molecule has 200 valence electrons. The van der Waals surface area contributed by atoms with E-state index >= 15 is 0 Å². The molecule has 0 saturated heterocycles. The van der Waals surface area contributed by atoms with Gasteiger partial charge in [-0.1, -0.05) is 155 Å². The van der Waals surface area contributed by atoms with E-state index < -0.39 is 0 Å². The highest BCUT2D eigenvalue weighted by molar-refractivity contribution is 6.32. The van der Waals surface area contributed by atoms with E-state index in [0.29, 0.717) is 0 Å². The lowest BCUT2D eigenvalue weighted by Crippen LogP contribution is -1.92. The van der Waals surface area contributed by atoms with Crippen LogP contribution in [-0.2, 0) is 0 Å². The Balaban J connectivity index is 0.000000726. The smallest absolute Gasteiger partial charge is 0.00134 e. The first-order chi connectivity index (χ1) is 20.3. The fourth-order valence-corrected chi connectivity index (χ4v) is 6.52. The van der Waals surface area contributed by atoms with Crippen LogP contribution in [0.1, 0.15) is 33.3 Å². The minimum absolute atomic E-state index is 1.26. The molecule has 0 heteroatoms. The van der Waals surface area contributed by atoms with Gasteiger partial charge < -0.3 is 0 Å². The molecule has 41 heavy (non-hydrogen) atoms. The first-order valence-corrected chi connectivity index (χ1v) is 15.0. The quantitative estimate of drug-likeness (QED) is 0.155. The number of rotatable bonds is 2. The van der Waals surface area contributed by atoms with Gasteiger partial charge in [0.05, 0.1) is 0 Å². The molecule has 0 fully saturated rings. The first-order valence-electron chi connectivity index (χ1n) is 15.0. The van der Waals surface area contributed by atoms with Gasteiger partial charge in [-0.3, -0.25) is 0 Å². The summed E-state index contributed by atoms with van der Waals surface area (Å²) in [6, 6.07) is 47.0. The van der Waals surface area contributed by atoms with Gasteiger partial charge in [0.1, 0.15) is 0 Å². The zero-order valence-electron chi connectivity index (χ0n) is 24.6. The van der Waals surface area contributed by atoms with Gasteiger partial charge in [0.15, 0.2) is 0 Å². The first kappa shape index (κ1) is 26.5. The second-order valence-corrected chi connectivity index (χ2v) is 10.2. The molecule has 0 saturated carbocycles. The van der Waals surface area contributed by atoms with Gasteiger partial charge in [0.25, 0.3) is 0 Å². The van der Waals surface area contributed by atoms with E-state index in [-0.39, 0.29) is 0 Å². The molecule has 0 atom stereocenters. The molecule has 7 aromatic carbocycles. The van der Waals surface area contributed by atoms with Crippen LogP contribution in [0.25, 0.3) is 76.8 Å². The normalized spacial score (nSPS) is 11.0. The molecule has 0 heterocycles. The van der Waals surface area contributed by atoms with E-state index in [1.165, 1.54) is 82.4 Å². The van der Waals surface area contributed by atoms with Crippen LogP contribution in [0.4, 0.5) is 0 Å². The molecule has 0 spiro atoms. The minimum Gasteiger partial charge on any atom is -0.0683 e. The highest BCUT2D eigenvalue weighted by Gasteiger charge is 2.26. The standard InChI is InChI=1S/C37H24.2C2H6/c1-23-19-20-26-31(21-23)29-17-10-18-30-36(29)32(26)22-33-34(24-11-4-2-5-12-24)27-15-8-9-16-28(27)35(37(30)33)25-13-6-3-7-14-25;2*1-2/h2-22H,1H3;2*1-2H3. The van der Waals surface area contributed by atoms with E-state index in [1.807, 2.05) is 27.7 Å². The Bertz CT molecular complexity index is 2010. The third-order valence-electron chi connectivity index (χ3n) is 8.03. The number of aryl methyl sites for hydroxylation is 1. The lowest BCUT2D eigenvalue weighted by molar-refractivity contribution is 1.48. The third kappa shape index (κ3) is 4.14. The van der Waals surface area contributed by atoms with E-state index in [0.717, 1.165) is 0 Å². The van der Waals surface area contributed by atoms with Crippen molar-refractivity contribution >= 4 is 32.3 Å². The summed E-state index contributed by atoms with van der Waals surface area (Å²) in [5.74, 6) is 0. The van der Waals surface area contributed by atoms with Gasteiger partial charge in [-0.25, -0.2) is 0 Å². The van der Waals surface area contributed by atoms with Crippen molar-refractivity contribution in [3.05, 3.63) is 133 Å². The average Bonchev–Trinajstić information content (AvgIpc) is 3.36. The molecule has 8 rings (SSSR count).